The van der Waals surface area contributed by atoms with Gasteiger partial charge in [0.15, 0.2) is 5.79 Å². The first-order valence-electron chi connectivity index (χ1n) is 9.39. The van der Waals surface area contributed by atoms with Crippen LogP contribution in [0.3, 0.4) is 0 Å². The normalized spacial score (nSPS) is 28.3. The average molecular weight is 364 g/mol. The number of rotatable bonds is 2. The largest absolute Gasteiger partial charge is 0.399 e. The maximum atomic E-state index is 6.11. The van der Waals surface area contributed by atoms with Gasteiger partial charge in [-0.1, -0.05) is 30.8 Å². The van der Waals surface area contributed by atoms with Crippen LogP contribution in [-0.4, -0.2) is 20.0 Å². The summed E-state index contributed by atoms with van der Waals surface area (Å²) in [5, 5.41) is 0. The molecular weight excluding hydrogens is 336 g/mol. The molecule has 1 fully saturated rings. The van der Waals surface area contributed by atoms with E-state index < -0.39 is 5.79 Å². The molecule has 0 saturated heterocycles. The Morgan fingerprint density at radius 3 is 2.59 bits per heavy atom. The van der Waals surface area contributed by atoms with Gasteiger partial charge in [-0.05, 0) is 59.6 Å². The second-order valence-electron chi connectivity index (χ2n) is 7.57. The third-order valence-electron chi connectivity index (χ3n) is 6.11. The van der Waals surface area contributed by atoms with Crippen molar-refractivity contribution in [2.45, 2.75) is 37.9 Å². The molecule has 0 bridgehead atoms. The highest BCUT2D eigenvalue weighted by Crippen LogP contribution is 2.54. The van der Waals surface area contributed by atoms with Crippen LogP contribution in [-0.2, 0) is 15.9 Å². The van der Waals surface area contributed by atoms with Crippen molar-refractivity contribution in [1.82, 2.24) is 0 Å². The summed E-state index contributed by atoms with van der Waals surface area (Å²) in [7, 11) is 3.47. The average Bonchev–Trinajstić information content (AvgIpc) is 2.67. The van der Waals surface area contributed by atoms with Gasteiger partial charge in [0.25, 0.3) is 0 Å². The van der Waals surface area contributed by atoms with Gasteiger partial charge >= 0.3 is 0 Å². The van der Waals surface area contributed by atoms with Crippen molar-refractivity contribution >= 4 is 5.69 Å². The monoisotopic (exact) mass is 364 g/mol. The first kappa shape index (κ1) is 19.4. The van der Waals surface area contributed by atoms with Gasteiger partial charge < -0.3 is 20.9 Å². The number of benzene rings is 1. The van der Waals surface area contributed by atoms with Gasteiger partial charge in [-0.2, -0.15) is 0 Å². The fraction of sp³-hybridized carbons (Fsp3) is 0.478. The Balaban J connectivity index is 2.00. The molecule has 4 nitrogen and oxygen atoms in total. The van der Waals surface area contributed by atoms with E-state index in [1.165, 1.54) is 11.1 Å². The summed E-state index contributed by atoms with van der Waals surface area (Å²) >= 11 is 0. The summed E-state index contributed by atoms with van der Waals surface area (Å²) in [6.45, 7) is 2.28. The van der Waals surface area contributed by atoms with Crippen LogP contribution in [0.4, 0.5) is 5.69 Å². The Hall–Kier alpha value is -2.40. The molecule has 27 heavy (non-hydrogen) atoms. The number of fused-ring (bicyclic) bond motifs is 3. The number of allylic oxidation sites excluding steroid dienone is 2. The number of ether oxygens (including phenoxy) is 2. The second kappa shape index (κ2) is 8.09. The van der Waals surface area contributed by atoms with E-state index in [0.717, 1.165) is 24.9 Å². The van der Waals surface area contributed by atoms with Crippen molar-refractivity contribution < 1.29 is 9.47 Å². The first-order valence-corrected chi connectivity index (χ1v) is 9.39. The number of hydrogen-bond donors (Lipinski definition) is 2. The van der Waals surface area contributed by atoms with Crippen molar-refractivity contribution in [3.8, 4) is 23.8 Å². The molecule has 142 valence electrons. The third kappa shape index (κ3) is 3.83. The first-order chi connectivity index (χ1) is 13.0. The minimum Gasteiger partial charge on any atom is -0.399 e. The summed E-state index contributed by atoms with van der Waals surface area (Å²) in [6.07, 6.45) is 6.09. The lowest BCUT2D eigenvalue weighted by molar-refractivity contribution is -0.242. The predicted octanol–water partition coefficient (Wildman–Crippen LogP) is 3.04. The molecule has 0 aromatic heterocycles. The second-order valence-corrected chi connectivity index (χ2v) is 7.57. The molecule has 4 atom stereocenters. The van der Waals surface area contributed by atoms with Crippen LogP contribution in [0.5, 0.6) is 0 Å². The topological polar surface area (TPSA) is 70.5 Å². The van der Waals surface area contributed by atoms with Crippen molar-refractivity contribution in [2.24, 2.45) is 23.5 Å². The molecule has 1 aromatic carbocycles. The minimum absolute atomic E-state index is 0.281. The molecule has 0 aliphatic heterocycles. The molecule has 3 rings (SSSR count). The molecular formula is C23H28N2O2. The molecule has 4 unspecified atom stereocenters. The molecule has 2 aliphatic rings. The zero-order valence-corrected chi connectivity index (χ0v) is 16.3. The Morgan fingerprint density at radius 2 is 1.89 bits per heavy atom. The standard InChI is InChI=1S/C23H28N2O2/c1-16-14-23(26-2,27-3)15-21-20-13-19(25)10-9-17(20)12-18(22(16)21)8-6-4-5-7-11-24/h4-5,9-10,13,16,18,21-22H,12,14-15,24-25H2,1-3H3/b5-4-. The number of anilines is 1. The highest BCUT2D eigenvalue weighted by Gasteiger charge is 2.50. The van der Waals surface area contributed by atoms with Crippen LogP contribution in [0, 0.1) is 41.6 Å². The van der Waals surface area contributed by atoms with E-state index in [0.29, 0.717) is 17.8 Å². The van der Waals surface area contributed by atoms with E-state index in [-0.39, 0.29) is 5.92 Å². The maximum Gasteiger partial charge on any atom is 0.168 e. The van der Waals surface area contributed by atoms with Gasteiger partial charge in [0.05, 0.1) is 0 Å². The molecule has 0 amide bonds. The lowest BCUT2D eigenvalue weighted by Crippen LogP contribution is -2.48. The van der Waals surface area contributed by atoms with Gasteiger partial charge in [0, 0.05) is 44.7 Å². The molecule has 0 heterocycles. The van der Waals surface area contributed by atoms with Crippen LogP contribution in [0.15, 0.2) is 30.4 Å². The van der Waals surface area contributed by atoms with Crippen molar-refractivity contribution in [2.75, 3.05) is 20.0 Å². The highest BCUT2D eigenvalue weighted by atomic mass is 16.7. The fourth-order valence-corrected chi connectivity index (χ4v) is 4.94. The van der Waals surface area contributed by atoms with Crippen LogP contribution >= 0.6 is 0 Å². The van der Waals surface area contributed by atoms with Gasteiger partial charge in [-0.3, -0.25) is 0 Å². The summed E-state index contributed by atoms with van der Waals surface area (Å²) in [5.74, 6) is 10.2. The molecule has 0 spiro atoms. The van der Waals surface area contributed by atoms with E-state index in [1.807, 2.05) is 6.07 Å². The van der Waals surface area contributed by atoms with Gasteiger partial charge in [0.1, 0.15) is 0 Å². The molecule has 4 heteroatoms. The van der Waals surface area contributed by atoms with E-state index in [9.17, 15) is 0 Å². The minimum atomic E-state index is -0.547. The Labute approximate surface area is 162 Å². The Kier molecular flexibility index (Phi) is 5.80. The van der Waals surface area contributed by atoms with Crippen LogP contribution in [0.1, 0.15) is 36.8 Å². The maximum absolute atomic E-state index is 6.11. The molecule has 1 saturated carbocycles. The van der Waals surface area contributed by atoms with Gasteiger partial charge in [-0.15, -0.1) is 0 Å². The van der Waals surface area contributed by atoms with Crippen molar-refractivity contribution in [1.29, 1.82) is 0 Å². The van der Waals surface area contributed by atoms with Gasteiger partial charge in [-0.25, -0.2) is 0 Å². The molecule has 2 aliphatic carbocycles. The van der Waals surface area contributed by atoms with Crippen LogP contribution in [0.25, 0.3) is 0 Å². The van der Waals surface area contributed by atoms with E-state index in [2.05, 4.69) is 42.9 Å². The van der Waals surface area contributed by atoms with Crippen LogP contribution in [0.2, 0.25) is 0 Å². The van der Waals surface area contributed by atoms with E-state index >= 15 is 0 Å². The third-order valence-corrected chi connectivity index (χ3v) is 6.11. The fourth-order valence-electron chi connectivity index (χ4n) is 4.94. The molecule has 1 aromatic rings. The number of hydrogen-bond acceptors (Lipinski definition) is 4. The Morgan fingerprint density at radius 1 is 1.15 bits per heavy atom. The van der Waals surface area contributed by atoms with E-state index in [1.54, 1.807) is 26.4 Å². The predicted molar refractivity (Wildman–Crippen MR) is 108 cm³/mol. The van der Waals surface area contributed by atoms with Crippen molar-refractivity contribution in [3.05, 3.63) is 41.5 Å². The Bertz CT molecular complexity index is 833. The SMILES string of the molecule is COC1(OC)CC(C)C2C(C#C/C=C\C#CN)Cc3ccc(N)cc3C2C1. The zero-order chi connectivity index (χ0) is 19.4. The van der Waals surface area contributed by atoms with Crippen molar-refractivity contribution in [3.63, 3.8) is 0 Å². The quantitative estimate of drug-likeness (QED) is 0.366. The van der Waals surface area contributed by atoms with E-state index in [4.69, 9.17) is 20.9 Å². The number of methoxy groups -OCH3 is 2. The number of nitrogen functional groups attached to an aromatic ring is 1. The summed E-state index contributed by atoms with van der Waals surface area (Å²) in [6, 6.07) is 8.60. The molecule has 0 radical (unpaired) electrons. The van der Waals surface area contributed by atoms with Gasteiger partial charge in [0.2, 0.25) is 0 Å². The number of nitrogens with two attached hydrogens (primary N) is 2. The lowest BCUT2D eigenvalue weighted by atomic mass is 9.58. The lowest BCUT2D eigenvalue weighted by Gasteiger charge is -2.50. The summed E-state index contributed by atoms with van der Waals surface area (Å²) < 4.78 is 11.7. The smallest absolute Gasteiger partial charge is 0.168 e. The summed E-state index contributed by atoms with van der Waals surface area (Å²) in [4.78, 5) is 0. The summed E-state index contributed by atoms with van der Waals surface area (Å²) in [5.41, 5.74) is 14.7. The van der Waals surface area contributed by atoms with Crippen LogP contribution < -0.4 is 11.5 Å². The zero-order valence-electron chi connectivity index (χ0n) is 16.3. The highest BCUT2D eigenvalue weighted by molar-refractivity contribution is 5.49. The molecule has 4 N–H and O–H groups in total.